The highest BCUT2D eigenvalue weighted by molar-refractivity contribution is 6.24. The number of nitrogens with zero attached hydrogens (tertiary/aromatic N) is 3. The van der Waals surface area contributed by atoms with Crippen LogP contribution in [0.1, 0.15) is 26.2 Å². The van der Waals surface area contributed by atoms with Gasteiger partial charge in [0.25, 0.3) is 0 Å². The molecule has 2 heterocycles. The van der Waals surface area contributed by atoms with Gasteiger partial charge in [-0.1, -0.05) is 17.3 Å². The molecule has 35 heavy (non-hydrogen) atoms. The average Bonchev–Trinajstić information content (AvgIpc) is 3.28. The number of allylic oxidation sites excluding steroid dienone is 1. The number of amidine groups is 1. The number of carbonyl (C=O) groups is 2. The van der Waals surface area contributed by atoms with E-state index in [0.29, 0.717) is 28.8 Å². The van der Waals surface area contributed by atoms with E-state index in [-0.39, 0.29) is 36.8 Å². The van der Waals surface area contributed by atoms with Gasteiger partial charge < -0.3 is 24.6 Å². The molecule has 10 heteroatoms. The Balaban J connectivity index is 1.47. The third-order valence-electron chi connectivity index (χ3n) is 5.19. The van der Waals surface area contributed by atoms with Crippen LogP contribution < -0.4 is 15.4 Å². The van der Waals surface area contributed by atoms with Crippen molar-refractivity contribution < 1.29 is 23.6 Å². The smallest absolute Gasteiger partial charge is 0.343 e. The van der Waals surface area contributed by atoms with Crippen LogP contribution in [0.5, 0.6) is 5.75 Å². The molecular formula is C25H25N5O5. The van der Waals surface area contributed by atoms with E-state index in [9.17, 15) is 9.59 Å². The van der Waals surface area contributed by atoms with Crippen molar-refractivity contribution in [3.8, 4) is 17.1 Å². The Morgan fingerprint density at radius 1 is 1.11 bits per heavy atom. The Kier molecular flexibility index (Phi) is 7.20. The molecule has 0 saturated heterocycles. The van der Waals surface area contributed by atoms with Crippen LogP contribution in [0.3, 0.4) is 0 Å². The Bertz CT molecular complexity index is 1290. The number of hydrogen-bond acceptors (Lipinski definition) is 9. The van der Waals surface area contributed by atoms with E-state index in [2.05, 4.69) is 25.8 Å². The highest BCUT2D eigenvalue weighted by Gasteiger charge is 2.26. The molecule has 0 aliphatic carbocycles. The second-order valence-electron chi connectivity index (χ2n) is 7.61. The Labute approximate surface area is 202 Å². The summed E-state index contributed by atoms with van der Waals surface area (Å²) < 4.78 is 15.6. The number of nitrogens with one attached hydrogen (secondary N) is 2. The van der Waals surface area contributed by atoms with E-state index in [1.54, 1.807) is 39.2 Å². The molecule has 0 atom stereocenters. The standard InChI is InChI=1S/C25H25N5O5/c1-4-34-25(32)22-15(2)26-18-7-5-6-8-19(18)27-24(22)28-20(31)13-14-21-29-23(30-35-21)16-9-11-17(33-3)12-10-16/h5-12,26H,4,13-14H2,1-3H3,(H,27,28,31). The summed E-state index contributed by atoms with van der Waals surface area (Å²) in [5, 5.41) is 9.90. The molecule has 2 N–H and O–H groups in total. The second kappa shape index (κ2) is 10.6. The van der Waals surface area contributed by atoms with Crippen molar-refractivity contribution in [1.29, 1.82) is 0 Å². The van der Waals surface area contributed by atoms with Gasteiger partial charge >= 0.3 is 5.97 Å². The predicted octanol–water partition coefficient (Wildman–Crippen LogP) is 3.79. The van der Waals surface area contributed by atoms with Gasteiger partial charge in [0, 0.05) is 24.1 Å². The van der Waals surface area contributed by atoms with E-state index in [1.165, 1.54) is 0 Å². The first-order valence-corrected chi connectivity index (χ1v) is 11.1. The average molecular weight is 476 g/mol. The number of hydrogen-bond donors (Lipinski definition) is 2. The number of rotatable bonds is 7. The lowest BCUT2D eigenvalue weighted by Gasteiger charge is -2.13. The number of amides is 1. The number of aromatic nitrogens is 2. The van der Waals surface area contributed by atoms with Crippen molar-refractivity contribution >= 4 is 29.1 Å². The van der Waals surface area contributed by atoms with E-state index in [0.717, 1.165) is 11.3 Å². The maximum Gasteiger partial charge on any atom is 0.343 e. The molecule has 0 spiro atoms. The van der Waals surface area contributed by atoms with Crippen LogP contribution in [0.2, 0.25) is 0 Å². The molecule has 3 aromatic rings. The molecule has 0 fully saturated rings. The van der Waals surface area contributed by atoms with Crippen molar-refractivity contribution in [2.45, 2.75) is 26.7 Å². The van der Waals surface area contributed by atoms with Crippen molar-refractivity contribution in [2.24, 2.45) is 4.99 Å². The first-order chi connectivity index (χ1) is 17.0. The molecule has 1 aliphatic rings. The number of fused-ring (bicyclic) bond motifs is 1. The van der Waals surface area contributed by atoms with E-state index < -0.39 is 5.97 Å². The number of methoxy groups -OCH3 is 1. The Hall–Kier alpha value is -4.47. The highest BCUT2D eigenvalue weighted by Crippen LogP contribution is 2.30. The summed E-state index contributed by atoms with van der Waals surface area (Å²) in [6.07, 6.45) is 0.266. The number of ether oxygens (including phenoxy) is 2. The van der Waals surface area contributed by atoms with Crippen LogP contribution in [0.25, 0.3) is 11.4 Å². The minimum atomic E-state index is -0.578. The van der Waals surface area contributed by atoms with Crippen molar-refractivity contribution in [1.82, 2.24) is 15.5 Å². The number of benzene rings is 2. The number of anilines is 1. The molecule has 1 aliphatic heterocycles. The van der Waals surface area contributed by atoms with Crippen LogP contribution in [0.15, 0.2) is 69.3 Å². The fourth-order valence-corrected chi connectivity index (χ4v) is 3.47. The lowest BCUT2D eigenvalue weighted by atomic mass is 10.1. The number of para-hydroxylation sites is 2. The SMILES string of the molecule is CCOC(=O)C1=C(C)Nc2ccccc2N=C1NC(=O)CCc1nc(-c2ccc(OC)cc2)no1. The largest absolute Gasteiger partial charge is 0.497 e. The maximum absolute atomic E-state index is 12.8. The molecule has 0 unspecified atom stereocenters. The van der Waals surface area contributed by atoms with E-state index in [1.807, 2.05) is 30.3 Å². The number of esters is 1. The maximum atomic E-state index is 12.8. The third kappa shape index (κ3) is 5.55. The molecule has 0 saturated carbocycles. The van der Waals surface area contributed by atoms with Crippen LogP contribution in [0, 0.1) is 0 Å². The summed E-state index contributed by atoms with van der Waals surface area (Å²) in [4.78, 5) is 34.4. The zero-order valence-electron chi connectivity index (χ0n) is 19.6. The fourth-order valence-electron chi connectivity index (χ4n) is 3.47. The zero-order chi connectivity index (χ0) is 24.8. The summed E-state index contributed by atoms with van der Waals surface area (Å²) in [6.45, 7) is 3.64. The number of aryl methyl sites for hydroxylation is 1. The minimum Gasteiger partial charge on any atom is -0.497 e. The second-order valence-corrected chi connectivity index (χ2v) is 7.61. The summed E-state index contributed by atoms with van der Waals surface area (Å²) in [5.41, 5.74) is 2.75. The summed E-state index contributed by atoms with van der Waals surface area (Å²) >= 11 is 0. The van der Waals surface area contributed by atoms with Crippen molar-refractivity contribution in [3.05, 3.63) is 65.7 Å². The molecular weight excluding hydrogens is 450 g/mol. The first-order valence-electron chi connectivity index (χ1n) is 11.1. The van der Waals surface area contributed by atoms with Gasteiger partial charge in [-0.2, -0.15) is 4.98 Å². The zero-order valence-corrected chi connectivity index (χ0v) is 19.6. The number of aliphatic imine (C=N–C) groups is 1. The lowest BCUT2D eigenvalue weighted by molar-refractivity contribution is -0.137. The molecule has 180 valence electrons. The third-order valence-corrected chi connectivity index (χ3v) is 5.19. The molecule has 4 rings (SSSR count). The van der Waals surface area contributed by atoms with Gasteiger partial charge in [0.15, 0.2) is 0 Å². The van der Waals surface area contributed by atoms with Gasteiger partial charge in [0.2, 0.25) is 17.6 Å². The molecule has 1 amide bonds. The van der Waals surface area contributed by atoms with E-state index >= 15 is 0 Å². The van der Waals surface area contributed by atoms with Gasteiger partial charge in [-0.05, 0) is 50.2 Å². The van der Waals surface area contributed by atoms with Crippen LogP contribution in [-0.2, 0) is 20.7 Å². The van der Waals surface area contributed by atoms with Crippen LogP contribution >= 0.6 is 0 Å². The predicted molar refractivity (Wildman–Crippen MR) is 129 cm³/mol. The summed E-state index contributed by atoms with van der Waals surface area (Å²) in [7, 11) is 1.59. The molecule has 1 aromatic heterocycles. The fraction of sp³-hybridized carbons (Fsp3) is 0.240. The normalized spacial score (nSPS) is 12.7. The number of carbonyl (C=O) groups excluding carboxylic acids is 2. The quantitative estimate of drug-likeness (QED) is 0.494. The van der Waals surface area contributed by atoms with Gasteiger partial charge in [-0.15, -0.1) is 0 Å². The van der Waals surface area contributed by atoms with Crippen LogP contribution in [0.4, 0.5) is 11.4 Å². The Morgan fingerprint density at radius 3 is 2.63 bits per heavy atom. The van der Waals surface area contributed by atoms with Gasteiger partial charge in [0.05, 0.1) is 25.1 Å². The van der Waals surface area contributed by atoms with E-state index in [4.69, 9.17) is 14.0 Å². The van der Waals surface area contributed by atoms with Gasteiger partial charge in [0.1, 0.15) is 17.2 Å². The molecule has 10 nitrogen and oxygen atoms in total. The topological polar surface area (TPSA) is 128 Å². The van der Waals surface area contributed by atoms with Crippen LogP contribution in [-0.4, -0.2) is 41.6 Å². The van der Waals surface area contributed by atoms with Gasteiger partial charge in [-0.3, -0.25) is 4.79 Å². The molecule has 2 aromatic carbocycles. The highest BCUT2D eigenvalue weighted by atomic mass is 16.5. The first kappa shape index (κ1) is 23.7. The minimum absolute atomic E-state index is 0.0491. The van der Waals surface area contributed by atoms with Crippen molar-refractivity contribution in [2.75, 3.05) is 19.0 Å². The molecule has 0 radical (unpaired) electrons. The Morgan fingerprint density at radius 2 is 1.89 bits per heavy atom. The van der Waals surface area contributed by atoms with Crippen molar-refractivity contribution in [3.63, 3.8) is 0 Å². The monoisotopic (exact) mass is 475 g/mol. The summed E-state index contributed by atoms with van der Waals surface area (Å²) in [6, 6.07) is 14.5. The summed E-state index contributed by atoms with van der Waals surface area (Å²) in [5.74, 6) is 0.639. The van der Waals surface area contributed by atoms with Gasteiger partial charge in [-0.25, -0.2) is 9.79 Å². The molecule has 0 bridgehead atoms. The lowest BCUT2D eigenvalue weighted by Crippen LogP contribution is -2.35.